The number of carbonyl (C=O) groups excluding carboxylic acids is 1. The predicted molar refractivity (Wildman–Crippen MR) is 53.2 cm³/mol. The fraction of sp³-hybridized carbons (Fsp3) is 0.364. The molecule has 0 radical (unpaired) electrons. The number of benzene rings is 1. The molecule has 0 amide bonds. The summed E-state index contributed by atoms with van der Waals surface area (Å²) in [6.45, 7) is 0.756. The van der Waals surface area contributed by atoms with Gasteiger partial charge in [0.15, 0.2) is 0 Å². The van der Waals surface area contributed by atoms with Gasteiger partial charge in [0.05, 0.1) is 12.2 Å². The van der Waals surface area contributed by atoms with Crippen LogP contribution in [0.15, 0.2) is 24.3 Å². The molecule has 0 unspecified atom stereocenters. The number of halogens is 1. The van der Waals surface area contributed by atoms with Gasteiger partial charge in [0.25, 0.3) is 0 Å². The Balaban J connectivity index is 2.44. The summed E-state index contributed by atoms with van der Waals surface area (Å²) >= 11 is 0. The van der Waals surface area contributed by atoms with Gasteiger partial charge in [-0.2, -0.15) is 0 Å². The van der Waals surface area contributed by atoms with Crippen LogP contribution in [-0.2, 0) is 9.47 Å². The maximum absolute atomic E-state index is 13.1. The first kappa shape index (κ1) is 11.7. The maximum atomic E-state index is 13.1. The van der Waals surface area contributed by atoms with Crippen molar-refractivity contribution in [3.05, 3.63) is 35.6 Å². The normalized spacial score (nSPS) is 10.0. The van der Waals surface area contributed by atoms with E-state index < -0.39 is 11.8 Å². The summed E-state index contributed by atoms with van der Waals surface area (Å²) in [7, 11) is 1.57. The Morgan fingerprint density at radius 3 is 2.73 bits per heavy atom. The molecule has 0 fully saturated rings. The highest BCUT2D eigenvalue weighted by Crippen LogP contribution is 2.07. The summed E-state index contributed by atoms with van der Waals surface area (Å²) < 4.78 is 22.7. The maximum Gasteiger partial charge on any atom is 0.341 e. The molecule has 82 valence electrons. The van der Waals surface area contributed by atoms with Crippen molar-refractivity contribution in [2.75, 3.05) is 20.3 Å². The van der Waals surface area contributed by atoms with Gasteiger partial charge >= 0.3 is 5.97 Å². The SMILES string of the molecule is COCCCOC(=O)c1ccccc1F. The summed E-state index contributed by atoms with van der Waals surface area (Å²) in [5, 5.41) is 0. The molecule has 0 aliphatic rings. The number of ether oxygens (including phenoxy) is 2. The van der Waals surface area contributed by atoms with E-state index in [4.69, 9.17) is 9.47 Å². The lowest BCUT2D eigenvalue weighted by Crippen LogP contribution is -2.09. The lowest BCUT2D eigenvalue weighted by Gasteiger charge is -2.04. The van der Waals surface area contributed by atoms with E-state index in [9.17, 15) is 9.18 Å². The number of hydrogen-bond acceptors (Lipinski definition) is 3. The zero-order valence-electron chi connectivity index (χ0n) is 8.53. The van der Waals surface area contributed by atoms with Crippen molar-refractivity contribution < 1.29 is 18.7 Å². The molecule has 1 aromatic rings. The number of rotatable bonds is 5. The Kier molecular flexibility index (Phi) is 4.77. The van der Waals surface area contributed by atoms with Gasteiger partial charge in [-0.1, -0.05) is 12.1 Å². The van der Waals surface area contributed by atoms with E-state index in [0.717, 1.165) is 0 Å². The summed E-state index contributed by atoms with van der Waals surface area (Å²) in [6.07, 6.45) is 0.608. The summed E-state index contributed by atoms with van der Waals surface area (Å²) in [6, 6.07) is 5.74. The lowest BCUT2D eigenvalue weighted by atomic mass is 10.2. The van der Waals surface area contributed by atoms with E-state index in [1.54, 1.807) is 13.2 Å². The second-order valence-electron chi connectivity index (χ2n) is 2.96. The largest absolute Gasteiger partial charge is 0.462 e. The Labute approximate surface area is 87.8 Å². The molecule has 0 aliphatic heterocycles. The summed E-state index contributed by atoms with van der Waals surface area (Å²) in [5.41, 5.74) is -0.0325. The van der Waals surface area contributed by atoms with Crippen molar-refractivity contribution in [3.63, 3.8) is 0 Å². The van der Waals surface area contributed by atoms with Gasteiger partial charge in [-0.15, -0.1) is 0 Å². The van der Waals surface area contributed by atoms with Gasteiger partial charge in [0, 0.05) is 20.1 Å². The summed E-state index contributed by atoms with van der Waals surface area (Å²) in [4.78, 5) is 11.3. The predicted octanol–water partition coefficient (Wildman–Crippen LogP) is 2.02. The van der Waals surface area contributed by atoms with Gasteiger partial charge in [0.1, 0.15) is 5.82 Å². The smallest absolute Gasteiger partial charge is 0.341 e. The van der Waals surface area contributed by atoms with Gasteiger partial charge < -0.3 is 9.47 Å². The van der Waals surface area contributed by atoms with E-state index in [-0.39, 0.29) is 12.2 Å². The first-order chi connectivity index (χ1) is 7.25. The van der Waals surface area contributed by atoms with Crippen LogP contribution in [0.25, 0.3) is 0 Å². The first-order valence-corrected chi connectivity index (χ1v) is 4.66. The molecule has 1 aromatic carbocycles. The van der Waals surface area contributed by atoms with E-state index >= 15 is 0 Å². The average Bonchev–Trinajstić information content (AvgIpc) is 2.25. The third kappa shape index (κ3) is 3.67. The van der Waals surface area contributed by atoms with Crippen LogP contribution in [0.1, 0.15) is 16.8 Å². The second-order valence-corrected chi connectivity index (χ2v) is 2.96. The van der Waals surface area contributed by atoms with Gasteiger partial charge in [0.2, 0.25) is 0 Å². The van der Waals surface area contributed by atoms with Crippen LogP contribution < -0.4 is 0 Å². The van der Waals surface area contributed by atoms with E-state index in [0.29, 0.717) is 13.0 Å². The molecule has 0 atom stereocenters. The number of carbonyl (C=O) groups is 1. The number of hydrogen-bond donors (Lipinski definition) is 0. The van der Waals surface area contributed by atoms with Crippen LogP contribution in [0.5, 0.6) is 0 Å². The fourth-order valence-electron chi connectivity index (χ4n) is 1.07. The van der Waals surface area contributed by atoms with Crippen LogP contribution in [0.4, 0.5) is 4.39 Å². The van der Waals surface area contributed by atoms with Crippen LogP contribution in [-0.4, -0.2) is 26.3 Å². The molecule has 0 saturated carbocycles. The molecule has 0 heterocycles. The van der Waals surface area contributed by atoms with Crippen molar-refractivity contribution in [3.8, 4) is 0 Å². The number of esters is 1. The topological polar surface area (TPSA) is 35.5 Å². The highest BCUT2D eigenvalue weighted by molar-refractivity contribution is 5.89. The summed E-state index contributed by atoms with van der Waals surface area (Å²) in [5.74, 6) is -1.20. The van der Waals surface area contributed by atoms with Crippen LogP contribution in [0.3, 0.4) is 0 Å². The molecule has 0 N–H and O–H groups in total. The molecule has 15 heavy (non-hydrogen) atoms. The molecule has 0 bridgehead atoms. The number of methoxy groups -OCH3 is 1. The third-order valence-electron chi connectivity index (χ3n) is 1.82. The van der Waals surface area contributed by atoms with Gasteiger partial charge in [-0.25, -0.2) is 9.18 Å². The highest BCUT2D eigenvalue weighted by Gasteiger charge is 2.11. The van der Waals surface area contributed by atoms with E-state index in [1.807, 2.05) is 0 Å². The Morgan fingerprint density at radius 1 is 1.33 bits per heavy atom. The minimum absolute atomic E-state index is 0.0325. The Morgan fingerprint density at radius 2 is 2.07 bits per heavy atom. The van der Waals surface area contributed by atoms with E-state index in [1.165, 1.54) is 18.2 Å². The monoisotopic (exact) mass is 212 g/mol. The minimum atomic E-state index is -0.635. The second kappa shape index (κ2) is 6.14. The average molecular weight is 212 g/mol. The zero-order chi connectivity index (χ0) is 11.1. The van der Waals surface area contributed by atoms with Crippen molar-refractivity contribution in [1.29, 1.82) is 0 Å². The first-order valence-electron chi connectivity index (χ1n) is 4.66. The van der Waals surface area contributed by atoms with E-state index in [2.05, 4.69) is 0 Å². The van der Waals surface area contributed by atoms with Crippen LogP contribution in [0.2, 0.25) is 0 Å². The molecule has 1 rings (SSSR count). The van der Waals surface area contributed by atoms with Crippen LogP contribution >= 0.6 is 0 Å². The highest BCUT2D eigenvalue weighted by atomic mass is 19.1. The zero-order valence-corrected chi connectivity index (χ0v) is 8.53. The quantitative estimate of drug-likeness (QED) is 0.553. The minimum Gasteiger partial charge on any atom is -0.462 e. The fourth-order valence-corrected chi connectivity index (χ4v) is 1.07. The molecule has 0 spiro atoms. The molecular formula is C11H13FO3. The van der Waals surface area contributed by atoms with Gasteiger partial charge in [-0.3, -0.25) is 0 Å². The molecular weight excluding hydrogens is 199 g/mol. The third-order valence-corrected chi connectivity index (χ3v) is 1.82. The lowest BCUT2D eigenvalue weighted by molar-refractivity contribution is 0.0463. The van der Waals surface area contributed by atoms with Crippen LogP contribution in [0, 0.1) is 5.82 Å². The molecule has 0 aliphatic carbocycles. The molecule has 4 heteroatoms. The molecule has 3 nitrogen and oxygen atoms in total. The van der Waals surface area contributed by atoms with Crippen molar-refractivity contribution in [2.45, 2.75) is 6.42 Å². The van der Waals surface area contributed by atoms with Gasteiger partial charge in [-0.05, 0) is 12.1 Å². The van der Waals surface area contributed by atoms with Crippen molar-refractivity contribution in [2.24, 2.45) is 0 Å². The Bertz CT molecular complexity index is 325. The van der Waals surface area contributed by atoms with Crippen molar-refractivity contribution >= 4 is 5.97 Å². The Hall–Kier alpha value is -1.42. The molecule has 0 saturated heterocycles. The standard InChI is InChI=1S/C11H13FO3/c1-14-7-4-8-15-11(13)9-5-2-3-6-10(9)12/h2-3,5-6H,4,7-8H2,1H3. The molecule has 0 aromatic heterocycles. The van der Waals surface area contributed by atoms with Crippen molar-refractivity contribution in [1.82, 2.24) is 0 Å².